The number of nitrogens with one attached hydrogen (secondary N) is 1. The molecule has 0 unspecified atom stereocenters. The molecular formula is C14H15FN2O2S. The van der Waals surface area contributed by atoms with Crippen LogP contribution >= 0.6 is 11.3 Å². The lowest BCUT2D eigenvalue weighted by atomic mass is 10.2. The summed E-state index contributed by atoms with van der Waals surface area (Å²) in [5, 5.41) is 4.22. The first-order valence-electron chi connectivity index (χ1n) is 6.19. The van der Waals surface area contributed by atoms with Gasteiger partial charge in [-0.25, -0.2) is 14.2 Å². The summed E-state index contributed by atoms with van der Waals surface area (Å²) < 4.78 is 18.0. The molecule has 0 amide bonds. The van der Waals surface area contributed by atoms with E-state index >= 15 is 0 Å². The SMILES string of the molecule is CCc1ncc(CNc2ccc(F)c(C(=O)OC)c2)s1. The molecule has 2 rings (SSSR count). The van der Waals surface area contributed by atoms with Gasteiger partial charge in [0.25, 0.3) is 0 Å². The smallest absolute Gasteiger partial charge is 0.340 e. The zero-order chi connectivity index (χ0) is 14.5. The maximum atomic E-state index is 13.5. The highest BCUT2D eigenvalue weighted by Gasteiger charge is 2.12. The van der Waals surface area contributed by atoms with Crippen molar-refractivity contribution in [2.75, 3.05) is 12.4 Å². The summed E-state index contributed by atoms with van der Waals surface area (Å²) >= 11 is 1.63. The standard InChI is InChI=1S/C14H15FN2O2S/c1-3-13-17-8-10(20-13)7-16-9-4-5-12(15)11(6-9)14(18)19-2/h4-6,8,16H,3,7H2,1-2H3. The van der Waals surface area contributed by atoms with Crippen molar-refractivity contribution in [3.63, 3.8) is 0 Å². The van der Waals surface area contributed by atoms with Gasteiger partial charge in [0.05, 0.1) is 24.2 Å². The van der Waals surface area contributed by atoms with E-state index in [4.69, 9.17) is 0 Å². The van der Waals surface area contributed by atoms with Gasteiger partial charge < -0.3 is 10.1 Å². The molecule has 20 heavy (non-hydrogen) atoms. The lowest BCUT2D eigenvalue weighted by Crippen LogP contribution is -2.06. The number of methoxy groups -OCH3 is 1. The lowest BCUT2D eigenvalue weighted by Gasteiger charge is -2.07. The zero-order valence-electron chi connectivity index (χ0n) is 11.3. The first kappa shape index (κ1) is 14.5. The largest absolute Gasteiger partial charge is 0.465 e. The molecule has 0 aliphatic rings. The number of aromatic nitrogens is 1. The molecule has 0 radical (unpaired) electrons. The second-order valence-electron chi connectivity index (χ2n) is 4.11. The number of halogens is 1. The highest BCUT2D eigenvalue weighted by molar-refractivity contribution is 7.11. The highest BCUT2D eigenvalue weighted by atomic mass is 32.1. The Morgan fingerprint density at radius 1 is 1.50 bits per heavy atom. The van der Waals surface area contributed by atoms with Crippen molar-refractivity contribution in [1.29, 1.82) is 0 Å². The van der Waals surface area contributed by atoms with Crippen LogP contribution in [0.5, 0.6) is 0 Å². The molecule has 0 aliphatic heterocycles. The molecule has 6 heteroatoms. The quantitative estimate of drug-likeness (QED) is 0.860. The molecule has 0 fully saturated rings. The Balaban J connectivity index is 2.08. The van der Waals surface area contributed by atoms with Gasteiger partial charge in [-0.05, 0) is 24.6 Å². The van der Waals surface area contributed by atoms with Crippen molar-refractivity contribution in [3.05, 3.63) is 45.7 Å². The van der Waals surface area contributed by atoms with Gasteiger partial charge in [-0.2, -0.15) is 0 Å². The van der Waals surface area contributed by atoms with Crippen LogP contribution in [0.1, 0.15) is 27.2 Å². The average molecular weight is 294 g/mol. The van der Waals surface area contributed by atoms with Crippen LogP contribution in [0.4, 0.5) is 10.1 Å². The summed E-state index contributed by atoms with van der Waals surface area (Å²) in [6.45, 7) is 2.64. The average Bonchev–Trinajstić information content (AvgIpc) is 2.93. The minimum absolute atomic E-state index is 0.0731. The number of ether oxygens (including phenoxy) is 1. The Kier molecular flexibility index (Phi) is 4.68. The third-order valence-corrected chi connectivity index (χ3v) is 3.88. The third kappa shape index (κ3) is 3.33. The molecule has 0 spiro atoms. The van der Waals surface area contributed by atoms with E-state index in [0.717, 1.165) is 16.3 Å². The van der Waals surface area contributed by atoms with Gasteiger partial charge in [-0.3, -0.25) is 0 Å². The Morgan fingerprint density at radius 3 is 2.95 bits per heavy atom. The Morgan fingerprint density at radius 2 is 2.30 bits per heavy atom. The molecule has 4 nitrogen and oxygen atoms in total. The van der Waals surface area contributed by atoms with Crippen LogP contribution < -0.4 is 5.32 Å². The van der Waals surface area contributed by atoms with E-state index in [2.05, 4.69) is 22.0 Å². The number of nitrogens with zero attached hydrogens (tertiary/aromatic N) is 1. The van der Waals surface area contributed by atoms with Gasteiger partial charge in [-0.1, -0.05) is 6.92 Å². The van der Waals surface area contributed by atoms with E-state index in [-0.39, 0.29) is 5.56 Å². The minimum Gasteiger partial charge on any atom is -0.465 e. The maximum absolute atomic E-state index is 13.5. The predicted octanol–water partition coefficient (Wildman–Crippen LogP) is 3.24. The predicted molar refractivity (Wildman–Crippen MR) is 76.6 cm³/mol. The summed E-state index contributed by atoms with van der Waals surface area (Å²) in [4.78, 5) is 16.8. The molecule has 1 heterocycles. The molecule has 0 saturated heterocycles. The fourth-order valence-corrected chi connectivity index (χ4v) is 2.49. The van der Waals surface area contributed by atoms with Crippen LogP contribution in [0.15, 0.2) is 24.4 Å². The molecule has 106 valence electrons. The number of aryl methyl sites for hydroxylation is 1. The second kappa shape index (κ2) is 6.47. The number of carbonyl (C=O) groups excluding carboxylic acids is 1. The summed E-state index contributed by atoms with van der Waals surface area (Å²) in [7, 11) is 1.23. The van der Waals surface area contributed by atoms with Crippen molar-refractivity contribution >= 4 is 23.0 Å². The normalized spacial score (nSPS) is 10.3. The van der Waals surface area contributed by atoms with Crippen LogP contribution in [0.3, 0.4) is 0 Å². The first-order chi connectivity index (χ1) is 9.63. The van der Waals surface area contributed by atoms with E-state index < -0.39 is 11.8 Å². The van der Waals surface area contributed by atoms with Crippen molar-refractivity contribution in [2.24, 2.45) is 0 Å². The number of rotatable bonds is 5. The van der Waals surface area contributed by atoms with Gasteiger partial charge in [-0.15, -0.1) is 11.3 Å². The number of thiazole rings is 1. The fraction of sp³-hybridized carbons (Fsp3) is 0.286. The van der Waals surface area contributed by atoms with E-state index in [9.17, 15) is 9.18 Å². The summed E-state index contributed by atoms with van der Waals surface area (Å²) in [5.41, 5.74) is 0.592. The number of hydrogen-bond acceptors (Lipinski definition) is 5. The Bertz CT molecular complexity index is 613. The molecular weight excluding hydrogens is 279 g/mol. The fourth-order valence-electron chi connectivity index (χ4n) is 1.68. The Labute approximate surface area is 120 Å². The third-order valence-electron chi connectivity index (χ3n) is 2.74. The monoisotopic (exact) mass is 294 g/mol. The van der Waals surface area contributed by atoms with Crippen molar-refractivity contribution in [2.45, 2.75) is 19.9 Å². The van der Waals surface area contributed by atoms with Crippen LogP contribution in [0.2, 0.25) is 0 Å². The van der Waals surface area contributed by atoms with Gasteiger partial charge in [0.15, 0.2) is 0 Å². The lowest BCUT2D eigenvalue weighted by molar-refractivity contribution is 0.0595. The highest BCUT2D eigenvalue weighted by Crippen LogP contribution is 2.18. The van der Waals surface area contributed by atoms with Gasteiger partial charge in [0, 0.05) is 16.8 Å². The number of benzene rings is 1. The summed E-state index contributed by atoms with van der Waals surface area (Å²) in [6.07, 6.45) is 2.73. The van der Waals surface area contributed by atoms with E-state index in [1.54, 1.807) is 17.4 Å². The second-order valence-corrected chi connectivity index (χ2v) is 5.31. The van der Waals surface area contributed by atoms with Crippen LogP contribution in [-0.2, 0) is 17.7 Å². The summed E-state index contributed by atoms with van der Waals surface area (Å²) in [6, 6.07) is 4.28. The number of carbonyl (C=O) groups is 1. The van der Waals surface area contributed by atoms with Crippen LogP contribution in [0.25, 0.3) is 0 Å². The first-order valence-corrected chi connectivity index (χ1v) is 7.01. The van der Waals surface area contributed by atoms with E-state index in [1.165, 1.54) is 19.2 Å². The van der Waals surface area contributed by atoms with Gasteiger partial charge in [0.2, 0.25) is 0 Å². The van der Waals surface area contributed by atoms with Crippen molar-refractivity contribution < 1.29 is 13.9 Å². The molecule has 0 aliphatic carbocycles. The molecule has 2 aromatic rings. The van der Waals surface area contributed by atoms with Gasteiger partial charge in [0.1, 0.15) is 5.82 Å². The van der Waals surface area contributed by atoms with E-state index in [1.807, 2.05) is 6.20 Å². The Hall–Kier alpha value is -1.95. The molecule has 1 N–H and O–H groups in total. The number of anilines is 1. The maximum Gasteiger partial charge on any atom is 0.340 e. The molecule has 1 aromatic heterocycles. The minimum atomic E-state index is -0.683. The topological polar surface area (TPSA) is 51.2 Å². The molecule has 0 atom stereocenters. The molecule has 1 aromatic carbocycles. The van der Waals surface area contributed by atoms with E-state index in [0.29, 0.717) is 12.2 Å². The molecule has 0 saturated carbocycles. The zero-order valence-corrected chi connectivity index (χ0v) is 12.1. The number of esters is 1. The summed E-state index contributed by atoms with van der Waals surface area (Å²) in [5.74, 6) is -1.27. The van der Waals surface area contributed by atoms with Gasteiger partial charge >= 0.3 is 5.97 Å². The number of hydrogen-bond donors (Lipinski definition) is 1. The molecule has 0 bridgehead atoms. The van der Waals surface area contributed by atoms with Crippen LogP contribution in [0, 0.1) is 5.82 Å². The van der Waals surface area contributed by atoms with Crippen LogP contribution in [-0.4, -0.2) is 18.1 Å². The van der Waals surface area contributed by atoms with Crippen molar-refractivity contribution in [1.82, 2.24) is 4.98 Å². The van der Waals surface area contributed by atoms with Crippen molar-refractivity contribution in [3.8, 4) is 0 Å².